The van der Waals surface area contributed by atoms with E-state index in [9.17, 15) is 4.79 Å². The highest BCUT2D eigenvalue weighted by atomic mass is 16.6. The Morgan fingerprint density at radius 3 is 3.23 bits per heavy atom. The highest BCUT2D eigenvalue weighted by Crippen LogP contribution is 2.29. The van der Waals surface area contributed by atoms with Crippen LogP contribution in [0, 0.1) is 5.92 Å². The lowest BCUT2D eigenvalue weighted by Gasteiger charge is -1.98. The van der Waals surface area contributed by atoms with Gasteiger partial charge in [-0.05, 0) is 11.6 Å². The summed E-state index contributed by atoms with van der Waals surface area (Å²) >= 11 is 0. The SMILES string of the molecule is O=C(N[C@@H]1C[C@H]1CO)c1cnon1. The third kappa shape index (κ3) is 1.67. The zero-order valence-corrected chi connectivity index (χ0v) is 6.80. The van der Waals surface area contributed by atoms with Crippen molar-refractivity contribution in [1.29, 1.82) is 0 Å². The monoisotopic (exact) mass is 183 g/mol. The molecule has 6 nitrogen and oxygen atoms in total. The van der Waals surface area contributed by atoms with E-state index >= 15 is 0 Å². The van der Waals surface area contributed by atoms with Crippen LogP contribution in [0.1, 0.15) is 16.9 Å². The molecule has 13 heavy (non-hydrogen) atoms. The van der Waals surface area contributed by atoms with Gasteiger partial charge in [-0.1, -0.05) is 5.16 Å². The molecule has 1 aliphatic rings. The van der Waals surface area contributed by atoms with E-state index in [1.807, 2.05) is 0 Å². The van der Waals surface area contributed by atoms with E-state index in [1.165, 1.54) is 6.20 Å². The Balaban J connectivity index is 1.87. The molecule has 0 saturated heterocycles. The van der Waals surface area contributed by atoms with E-state index in [-0.39, 0.29) is 30.2 Å². The number of aliphatic hydroxyl groups is 1. The number of amides is 1. The van der Waals surface area contributed by atoms with Crippen molar-refractivity contribution in [3.05, 3.63) is 11.9 Å². The smallest absolute Gasteiger partial charge is 0.275 e. The summed E-state index contributed by atoms with van der Waals surface area (Å²) in [6.45, 7) is 0.113. The fourth-order valence-corrected chi connectivity index (χ4v) is 1.13. The first-order valence-corrected chi connectivity index (χ1v) is 4.00. The van der Waals surface area contributed by atoms with Crippen LogP contribution in [0.2, 0.25) is 0 Å². The molecule has 1 fully saturated rings. The van der Waals surface area contributed by atoms with Gasteiger partial charge in [-0.25, -0.2) is 4.63 Å². The summed E-state index contributed by atoms with van der Waals surface area (Å²) in [7, 11) is 0. The van der Waals surface area contributed by atoms with Gasteiger partial charge in [0.05, 0.1) is 0 Å². The number of rotatable bonds is 3. The third-order valence-electron chi connectivity index (χ3n) is 2.07. The van der Waals surface area contributed by atoms with Crippen LogP contribution in [-0.2, 0) is 0 Å². The fraction of sp³-hybridized carbons (Fsp3) is 0.571. The summed E-state index contributed by atoms with van der Waals surface area (Å²) in [5.41, 5.74) is 0.170. The number of hydrogen-bond donors (Lipinski definition) is 2. The molecule has 0 spiro atoms. The molecule has 0 aromatic carbocycles. The molecule has 0 aliphatic heterocycles. The second-order valence-corrected chi connectivity index (χ2v) is 3.05. The van der Waals surface area contributed by atoms with Crippen molar-refractivity contribution in [3.8, 4) is 0 Å². The number of aromatic nitrogens is 2. The molecule has 0 bridgehead atoms. The van der Waals surface area contributed by atoms with Gasteiger partial charge in [0.2, 0.25) is 0 Å². The van der Waals surface area contributed by atoms with Crippen molar-refractivity contribution < 1.29 is 14.5 Å². The maximum atomic E-state index is 11.3. The first-order chi connectivity index (χ1) is 6.31. The average molecular weight is 183 g/mol. The van der Waals surface area contributed by atoms with Crippen molar-refractivity contribution in [3.63, 3.8) is 0 Å². The predicted molar refractivity (Wildman–Crippen MR) is 40.7 cm³/mol. The normalized spacial score (nSPS) is 25.6. The number of nitrogens with one attached hydrogen (secondary N) is 1. The first-order valence-electron chi connectivity index (χ1n) is 4.00. The molecule has 6 heteroatoms. The highest BCUT2D eigenvalue weighted by molar-refractivity contribution is 5.92. The Bertz CT molecular complexity index is 298. The Morgan fingerprint density at radius 1 is 1.85 bits per heavy atom. The zero-order valence-electron chi connectivity index (χ0n) is 6.80. The molecular formula is C7H9N3O3. The molecule has 1 amide bonds. The summed E-state index contributed by atoms with van der Waals surface area (Å²) in [6.07, 6.45) is 2.08. The van der Waals surface area contributed by atoms with Crippen LogP contribution < -0.4 is 5.32 Å². The van der Waals surface area contributed by atoms with Crippen molar-refractivity contribution in [2.45, 2.75) is 12.5 Å². The number of carbonyl (C=O) groups excluding carboxylic acids is 1. The summed E-state index contributed by atoms with van der Waals surface area (Å²) in [5.74, 6) is -0.106. The molecule has 0 radical (unpaired) electrons. The van der Waals surface area contributed by atoms with Gasteiger partial charge in [-0.3, -0.25) is 4.79 Å². The minimum atomic E-state index is -0.304. The van der Waals surface area contributed by atoms with Gasteiger partial charge in [0.1, 0.15) is 6.20 Å². The standard InChI is InChI=1S/C7H9N3O3/c11-3-4-1-5(4)9-7(12)6-2-8-13-10-6/h2,4-5,11H,1,3H2,(H,9,12)/t4-,5+/m0/s1. The molecule has 2 N–H and O–H groups in total. The molecule has 1 aromatic rings. The van der Waals surface area contributed by atoms with Crippen LogP contribution in [-0.4, -0.2) is 34.0 Å². The second-order valence-electron chi connectivity index (χ2n) is 3.05. The lowest BCUT2D eigenvalue weighted by Crippen LogP contribution is -2.27. The molecule has 2 atom stereocenters. The number of nitrogens with zero attached hydrogens (tertiary/aromatic N) is 2. The van der Waals surface area contributed by atoms with Crippen molar-refractivity contribution in [1.82, 2.24) is 15.6 Å². The van der Waals surface area contributed by atoms with Crippen LogP contribution in [0.15, 0.2) is 10.8 Å². The Morgan fingerprint density at radius 2 is 2.69 bits per heavy atom. The van der Waals surface area contributed by atoms with E-state index in [1.54, 1.807) is 0 Å². The lowest BCUT2D eigenvalue weighted by molar-refractivity contribution is 0.0937. The molecule has 70 valence electrons. The molecule has 1 aliphatic carbocycles. The minimum absolute atomic E-state index is 0.0780. The topological polar surface area (TPSA) is 88.2 Å². The number of carbonyl (C=O) groups is 1. The molecule has 2 rings (SSSR count). The lowest BCUT2D eigenvalue weighted by atomic mass is 10.4. The fourth-order valence-electron chi connectivity index (χ4n) is 1.13. The van der Waals surface area contributed by atoms with Gasteiger partial charge in [0.25, 0.3) is 5.91 Å². The van der Waals surface area contributed by atoms with Crippen LogP contribution >= 0.6 is 0 Å². The number of hydrogen-bond acceptors (Lipinski definition) is 5. The Kier molecular flexibility index (Phi) is 1.97. The van der Waals surface area contributed by atoms with Crippen molar-refractivity contribution in [2.75, 3.05) is 6.61 Å². The van der Waals surface area contributed by atoms with E-state index in [4.69, 9.17) is 5.11 Å². The summed E-state index contributed by atoms with van der Waals surface area (Å²) in [6, 6.07) is 0.0780. The largest absolute Gasteiger partial charge is 0.396 e. The second kappa shape index (κ2) is 3.14. The van der Waals surface area contributed by atoms with Gasteiger partial charge in [0, 0.05) is 18.6 Å². The van der Waals surface area contributed by atoms with Crippen LogP contribution in [0.5, 0.6) is 0 Å². The van der Waals surface area contributed by atoms with E-state index in [2.05, 4.69) is 20.3 Å². The zero-order chi connectivity index (χ0) is 9.26. The number of aliphatic hydroxyl groups excluding tert-OH is 1. The quantitative estimate of drug-likeness (QED) is 0.639. The van der Waals surface area contributed by atoms with Crippen LogP contribution in [0.3, 0.4) is 0 Å². The summed E-state index contributed by atoms with van der Waals surface area (Å²) in [5, 5.41) is 18.1. The van der Waals surface area contributed by atoms with Gasteiger partial charge in [-0.2, -0.15) is 0 Å². The van der Waals surface area contributed by atoms with E-state index in [0.29, 0.717) is 0 Å². The summed E-state index contributed by atoms with van der Waals surface area (Å²) in [4.78, 5) is 11.3. The molecule has 1 aromatic heterocycles. The molecule has 1 heterocycles. The highest BCUT2D eigenvalue weighted by Gasteiger charge is 2.38. The van der Waals surface area contributed by atoms with Gasteiger partial charge in [-0.15, -0.1) is 0 Å². The van der Waals surface area contributed by atoms with Crippen molar-refractivity contribution >= 4 is 5.91 Å². The van der Waals surface area contributed by atoms with Crippen LogP contribution in [0.25, 0.3) is 0 Å². The summed E-state index contributed by atoms with van der Waals surface area (Å²) < 4.78 is 4.28. The maximum Gasteiger partial charge on any atom is 0.275 e. The maximum absolute atomic E-state index is 11.3. The minimum Gasteiger partial charge on any atom is -0.396 e. The Hall–Kier alpha value is -1.43. The Labute approximate surface area is 73.9 Å². The molecule has 1 saturated carbocycles. The first kappa shape index (κ1) is 8.18. The molecular weight excluding hydrogens is 174 g/mol. The van der Waals surface area contributed by atoms with E-state index < -0.39 is 0 Å². The van der Waals surface area contributed by atoms with Crippen LogP contribution in [0.4, 0.5) is 0 Å². The molecule has 0 unspecified atom stereocenters. The average Bonchev–Trinajstić information content (AvgIpc) is 2.68. The van der Waals surface area contributed by atoms with Gasteiger partial charge in [0.15, 0.2) is 5.69 Å². The van der Waals surface area contributed by atoms with Crippen molar-refractivity contribution in [2.24, 2.45) is 5.92 Å². The van der Waals surface area contributed by atoms with Gasteiger partial charge >= 0.3 is 0 Å². The predicted octanol–water partition coefficient (Wildman–Crippen LogP) is -0.820. The third-order valence-corrected chi connectivity index (χ3v) is 2.07. The van der Waals surface area contributed by atoms with E-state index in [0.717, 1.165) is 6.42 Å². The van der Waals surface area contributed by atoms with Gasteiger partial charge < -0.3 is 10.4 Å².